The number of hydrogen-bond donors (Lipinski definition) is 0. The molecular weight excluding hydrogens is 294 g/mol. The molecule has 0 saturated heterocycles. The monoisotopic (exact) mass is 323 g/mol. The van der Waals surface area contributed by atoms with E-state index < -0.39 is 0 Å². The van der Waals surface area contributed by atoms with Crippen LogP contribution in [-0.4, -0.2) is 32.6 Å². The Morgan fingerprint density at radius 2 is 1.58 bits per heavy atom. The van der Waals surface area contributed by atoms with E-state index in [4.69, 9.17) is 4.74 Å². The zero-order chi connectivity index (χ0) is 17.8. The number of nitrogens with zero attached hydrogens (tertiary/aromatic N) is 1. The summed E-state index contributed by atoms with van der Waals surface area (Å²) in [5.74, 6) is 0.880. The fourth-order valence-electron chi connectivity index (χ4n) is 2.19. The second-order valence-corrected chi connectivity index (χ2v) is 5.95. The Balaban J connectivity index is 0.000000648. The molecule has 0 saturated carbocycles. The lowest BCUT2D eigenvalue weighted by Gasteiger charge is -2.11. The Kier molecular flexibility index (Phi) is 9.25. The first-order valence-corrected chi connectivity index (χ1v) is 8.24. The van der Waals surface area contributed by atoms with Crippen LogP contribution < -0.4 is 4.74 Å². The Labute approximate surface area is 147 Å². The molecule has 24 heavy (non-hydrogen) atoms. The van der Waals surface area contributed by atoms with E-state index in [-0.39, 0.29) is 0 Å². The van der Waals surface area contributed by atoms with Crippen LogP contribution in [0.25, 0.3) is 12.2 Å². The summed E-state index contributed by atoms with van der Waals surface area (Å²) in [6, 6.07) is 16.4. The first kappa shape index (κ1) is 19.7. The largest absolute Gasteiger partial charge is 0.493 e. The molecule has 0 aromatic heterocycles. The molecule has 0 unspecified atom stereocenters. The van der Waals surface area contributed by atoms with Crippen molar-refractivity contribution in [2.75, 3.05) is 27.7 Å². The van der Waals surface area contributed by atoms with Crippen LogP contribution in [0.15, 0.2) is 61.7 Å². The van der Waals surface area contributed by atoms with Gasteiger partial charge in [0, 0.05) is 5.56 Å². The van der Waals surface area contributed by atoms with Gasteiger partial charge in [0.05, 0.1) is 6.61 Å². The maximum Gasteiger partial charge on any atom is 0.127 e. The first-order valence-electron chi connectivity index (χ1n) is 8.24. The molecule has 0 spiro atoms. The Morgan fingerprint density at radius 1 is 0.917 bits per heavy atom. The molecule has 0 heterocycles. The van der Waals surface area contributed by atoms with E-state index in [1.165, 1.54) is 5.56 Å². The normalized spacial score (nSPS) is 9.83. The van der Waals surface area contributed by atoms with Crippen LogP contribution >= 0.6 is 0 Å². The predicted molar refractivity (Wildman–Crippen MR) is 106 cm³/mol. The second kappa shape index (κ2) is 11.3. The average Bonchev–Trinajstić information content (AvgIpc) is 2.58. The minimum absolute atomic E-state index is 0.705. The van der Waals surface area contributed by atoms with Gasteiger partial charge in [0.2, 0.25) is 0 Å². The zero-order valence-corrected chi connectivity index (χ0v) is 15.2. The molecule has 0 amide bonds. The third-order valence-corrected chi connectivity index (χ3v) is 3.23. The van der Waals surface area contributed by atoms with Crippen LogP contribution in [0.3, 0.4) is 0 Å². The van der Waals surface area contributed by atoms with Gasteiger partial charge in [-0.25, -0.2) is 0 Å². The van der Waals surface area contributed by atoms with Crippen molar-refractivity contribution >= 4 is 12.2 Å². The molecule has 0 fully saturated rings. The van der Waals surface area contributed by atoms with Crippen LogP contribution in [0, 0.1) is 0 Å². The maximum atomic E-state index is 5.87. The molecule has 0 bridgehead atoms. The number of hydrogen-bond acceptors (Lipinski definition) is 2. The van der Waals surface area contributed by atoms with Crippen molar-refractivity contribution in [2.24, 2.45) is 0 Å². The van der Waals surface area contributed by atoms with Gasteiger partial charge in [-0.15, -0.1) is 0 Å². The number of ether oxygens (including phenoxy) is 1. The highest BCUT2D eigenvalue weighted by Gasteiger charge is 2.04. The highest BCUT2D eigenvalue weighted by atomic mass is 16.5. The highest BCUT2D eigenvalue weighted by Crippen LogP contribution is 2.24. The van der Waals surface area contributed by atoms with Crippen LogP contribution in [0.1, 0.15) is 23.1 Å². The summed E-state index contributed by atoms with van der Waals surface area (Å²) in [5.41, 5.74) is 3.42. The lowest BCUT2D eigenvalue weighted by molar-refractivity contribution is 0.310. The van der Waals surface area contributed by atoms with Gasteiger partial charge in [0.15, 0.2) is 0 Å². The molecule has 0 N–H and O–H groups in total. The van der Waals surface area contributed by atoms with Gasteiger partial charge in [-0.2, -0.15) is 0 Å². The Morgan fingerprint density at radius 3 is 2.17 bits per heavy atom. The fourth-order valence-corrected chi connectivity index (χ4v) is 2.19. The molecule has 0 aliphatic heterocycles. The summed E-state index contributed by atoms with van der Waals surface area (Å²) in [5, 5.41) is 0. The number of rotatable bonds is 7. The lowest BCUT2D eigenvalue weighted by Crippen LogP contribution is -2.01. The topological polar surface area (TPSA) is 12.5 Å². The number of aryl methyl sites for hydroxylation is 1. The summed E-state index contributed by atoms with van der Waals surface area (Å²) in [6.45, 7) is 8.37. The van der Waals surface area contributed by atoms with Crippen LogP contribution in [0.2, 0.25) is 0 Å². The second-order valence-electron chi connectivity index (χ2n) is 5.95. The Hall–Kier alpha value is -2.32. The minimum atomic E-state index is 0.705. The number of benzene rings is 2. The van der Waals surface area contributed by atoms with E-state index in [2.05, 4.69) is 37.4 Å². The van der Waals surface area contributed by atoms with Gasteiger partial charge < -0.3 is 9.64 Å². The zero-order valence-electron chi connectivity index (χ0n) is 15.2. The minimum Gasteiger partial charge on any atom is -0.493 e. The molecule has 2 rings (SSSR count). The van der Waals surface area contributed by atoms with Crippen molar-refractivity contribution in [2.45, 2.75) is 12.8 Å². The molecule has 2 aromatic carbocycles. The van der Waals surface area contributed by atoms with Crippen molar-refractivity contribution in [1.82, 2.24) is 4.90 Å². The van der Waals surface area contributed by atoms with E-state index >= 15 is 0 Å². The molecule has 2 aromatic rings. The van der Waals surface area contributed by atoms with Crippen molar-refractivity contribution in [1.29, 1.82) is 0 Å². The molecule has 0 atom stereocenters. The fraction of sp³-hybridized carbons (Fsp3) is 0.273. The molecule has 2 nitrogen and oxygen atoms in total. The van der Waals surface area contributed by atoms with E-state index in [9.17, 15) is 0 Å². The average molecular weight is 323 g/mol. The van der Waals surface area contributed by atoms with Crippen LogP contribution in [-0.2, 0) is 6.42 Å². The quantitative estimate of drug-likeness (QED) is 0.652. The molecule has 2 heteroatoms. The highest BCUT2D eigenvalue weighted by molar-refractivity contribution is 5.68. The van der Waals surface area contributed by atoms with Crippen molar-refractivity contribution in [3.8, 4) is 5.75 Å². The third kappa shape index (κ3) is 7.30. The predicted octanol–water partition coefficient (Wildman–Crippen LogP) is 5.16. The summed E-state index contributed by atoms with van der Waals surface area (Å²) in [4.78, 5) is 2.00. The van der Waals surface area contributed by atoms with Gasteiger partial charge in [-0.3, -0.25) is 0 Å². The van der Waals surface area contributed by atoms with Crippen LogP contribution in [0.4, 0.5) is 0 Å². The Bertz CT molecular complexity index is 614. The molecular formula is C22H29NO. The van der Waals surface area contributed by atoms with Gasteiger partial charge in [0.25, 0.3) is 0 Å². The summed E-state index contributed by atoms with van der Waals surface area (Å²) in [7, 11) is 6.00. The molecule has 0 radical (unpaired) electrons. The smallest absolute Gasteiger partial charge is 0.127 e. The van der Waals surface area contributed by atoms with Crippen molar-refractivity contribution in [3.63, 3.8) is 0 Å². The van der Waals surface area contributed by atoms with Gasteiger partial charge in [-0.05, 0) is 51.2 Å². The van der Waals surface area contributed by atoms with E-state index in [0.29, 0.717) is 6.61 Å². The molecule has 0 aliphatic rings. The third-order valence-electron chi connectivity index (χ3n) is 3.23. The van der Waals surface area contributed by atoms with Gasteiger partial charge >= 0.3 is 0 Å². The van der Waals surface area contributed by atoms with Gasteiger partial charge in [0.1, 0.15) is 5.75 Å². The van der Waals surface area contributed by atoms with Gasteiger partial charge in [-0.1, -0.05) is 67.8 Å². The van der Waals surface area contributed by atoms with E-state index in [1.807, 2.05) is 62.5 Å². The standard InChI is InChI=1S/C19H20O.C3H9N/c1-3-17-13-8-14-19(18(17)4-2)20-15-9-12-16-10-6-5-7-11-16;1-4(2)3/h3-8,10-11,13-14H,1-2,9,12,15H2;1-3H3. The maximum absolute atomic E-state index is 5.87. The van der Waals surface area contributed by atoms with E-state index in [0.717, 1.165) is 29.7 Å². The lowest BCUT2D eigenvalue weighted by atomic mass is 10.1. The SMILES string of the molecule is C=Cc1cccc(OCCCc2ccccc2)c1C=C.CN(C)C. The van der Waals surface area contributed by atoms with E-state index in [1.54, 1.807) is 0 Å². The first-order chi connectivity index (χ1) is 11.6. The van der Waals surface area contributed by atoms with Crippen molar-refractivity contribution < 1.29 is 4.74 Å². The summed E-state index contributed by atoms with van der Waals surface area (Å²) < 4.78 is 5.87. The van der Waals surface area contributed by atoms with Crippen molar-refractivity contribution in [3.05, 3.63) is 78.4 Å². The summed E-state index contributed by atoms with van der Waals surface area (Å²) >= 11 is 0. The van der Waals surface area contributed by atoms with Crippen LogP contribution in [0.5, 0.6) is 5.75 Å². The molecule has 0 aliphatic carbocycles. The summed E-state index contributed by atoms with van der Waals surface area (Å²) in [6.07, 6.45) is 5.68. The molecule has 128 valence electrons.